The van der Waals surface area contributed by atoms with E-state index in [4.69, 9.17) is 5.11 Å². The van der Waals surface area contributed by atoms with Gasteiger partial charge < -0.3 is 10.2 Å². The number of hydrogen-bond acceptors (Lipinski definition) is 5. The molecule has 4 aromatic rings. The molecule has 8 heteroatoms. The summed E-state index contributed by atoms with van der Waals surface area (Å²) >= 11 is 0. The molecule has 0 saturated heterocycles. The summed E-state index contributed by atoms with van der Waals surface area (Å²) in [6.07, 6.45) is 2.80. The molecule has 0 unspecified atom stereocenters. The lowest BCUT2D eigenvalue weighted by Gasteiger charge is -2.13. The number of rotatable bonds is 3. The molecule has 0 saturated carbocycles. The van der Waals surface area contributed by atoms with E-state index < -0.39 is 22.8 Å². The van der Waals surface area contributed by atoms with Crippen molar-refractivity contribution in [2.45, 2.75) is 0 Å². The van der Waals surface area contributed by atoms with Gasteiger partial charge in [0.05, 0.1) is 23.6 Å². The zero-order valence-corrected chi connectivity index (χ0v) is 13.2. The highest BCUT2D eigenvalue weighted by Crippen LogP contribution is 2.31. The molecule has 0 aliphatic heterocycles. The second-order valence-corrected chi connectivity index (χ2v) is 5.60. The second kappa shape index (κ2) is 5.85. The molecular formula is C18H12N4O4. The Morgan fingerprint density at radius 2 is 1.85 bits per heavy atom. The third-order valence-electron chi connectivity index (χ3n) is 4.03. The number of para-hydroxylation sites is 1. The lowest BCUT2D eigenvalue weighted by Crippen LogP contribution is -2.21. The number of aromatic hydroxyl groups is 1. The number of carbonyl (C=O) groups is 1. The highest BCUT2D eigenvalue weighted by molar-refractivity contribution is 5.96. The van der Waals surface area contributed by atoms with E-state index in [0.717, 1.165) is 28.2 Å². The van der Waals surface area contributed by atoms with Crippen LogP contribution in [0.2, 0.25) is 0 Å². The number of nitrogens with one attached hydrogen (secondary N) is 1. The molecule has 128 valence electrons. The minimum atomic E-state index is -1.51. The number of aromatic carboxylic acids is 1. The third kappa shape index (κ3) is 2.40. The van der Waals surface area contributed by atoms with Gasteiger partial charge in [-0.1, -0.05) is 30.3 Å². The molecule has 0 radical (unpaired) electrons. The fourth-order valence-electron chi connectivity index (χ4n) is 2.85. The molecule has 2 aromatic heterocycles. The molecule has 0 aliphatic rings. The van der Waals surface area contributed by atoms with Gasteiger partial charge >= 0.3 is 5.97 Å². The number of aromatic amines is 1. The molecule has 0 aliphatic carbocycles. The summed E-state index contributed by atoms with van der Waals surface area (Å²) in [6, 6.07) is 12.8. The fourth-order valence-corrected chi connectivity index (χ4v) is 2.85. The Hall–Kier alpha value is -3.94. The average Bonchev–Trinajstić information content (AvgIpc) is 3.12. The van der Waals surface area contributed by atoms with Crippen molar-refractivity contribution in [3.05, 3.63) is 70.8 Å². The number of aromatic nitrogens is 4. The van der Waals surface area contributed by atoms with Crippen molar-refractivity contribution in [1.29, 1.82) is 0 Å². The minimum absolute atomic E-state index is 0.513. The Morgan fingerprint density at radius 3 is 2.65 bits per heavy atom. The predicted octanol–water partition coefficient (Wildman–Crippen LogP) is 2.18. The Labute approximate surface area is 146 Å². The van der Waals surface area contributed by atoms with E-state index in [2.05, 4.69) is 15.3 Å². The zero-order chi connectivity index (χ0) is 18.3. The van der Waals surface area contributed by atoms with Crippen LogP contribution in [0.4, 0.5) is 0 Å². The second-order valence-electron chi connectivity index (χ2n) is 5.60. The van der Waals surface area contributed by atoms with Gasteiger partial charge in [-0.15, -0.1) is 0 Å². The van der Waals surface area contributed by atoms with Crippen molar-refractivity contribution in [3.63, 3.8) is 0 Å². The first-order chi connectivity index (χ1) is 12.6. The van der Waals surface area contributed by atoms with E-state index in [1.165, 1.54) is 4.68 Å². The van der Waals surface area contributed by atoms with E-state index in [1.54, 1.807) is 18.3 Å². The van der Waals surface area contributed by atoms with E-state index in [1.807, 2.05) is 30.3 Å². The quantitative estimate of drug-likeness (QED) is 0.522. The van der Waals surface area contributed by atoms with E-state index in [-0.39, 0.29) is 0 Å². The first kappa shape index (κ1) is 15.6. The van der Waals surface area contributed by atoms with Crippen molar-refractivity contribution in [2.24, 2.45) is 0 Å². The lowest BCUT2D eigenvalue weighted by molar-refractivity contribution is 0.0686. The molecule has 0 fully saturated rings. The van der Waals surface area contributed by atoms with Gasteiger partial charge in [-0.3, -0.25) is 9.89 Å². The Bertz CT molecular complexity index is 1210. The summed E-state index contributed by atoms with van der Waals surface area (Å²) in [7, 11) is 0. The van der Waals surface area contributed by atoms with Crippen LogP contribution in [0.3, 0.4) is 0 Å². The maximum Gasteiger partial charge on any atom is 0.360 e. The normalized spacial score (nSPS) is 10.9. The maximum atomic E-state index is 11.8. The van der Waals surface area contributed by atoms with Crippen LogP contribution in [-0.4, -0.2) is 36.2 Å². The van der Waals surface area contributed by atoms with Crippen LogP contribution in [-0.2, 0) is 0 Å². The highest BCUT2D eigenvalue weighted by atomic mass is 16.4. The van der Waals surface area contributed by atoms with Crippen molar-refractivity contribution in [3.8, 4) is 22.6 Å². The van der Waals surface area contributed by atoms with Gasteiger partial charge in [0.25, 0.3) is 5.43 Å². The number of nitrogens with zero attached hydrogens (tertiary/aromatic N) is 3. The number of carboxylic acid groups (broad SMARTS) is 1. The summed E-state index contributed by atoms with van der Waals surface area (Å²) in [5.74, 6) is -2.19. The van der Waals surface area contributed by atoms with E-state index in [0.29, 0.717) is 5.69 Å². The van der Waals surface area contributed by atoms with Gasteiger partial charge in [-0.25, -0.2) is 9.48 Å². The number of carboxylic acids is 1. The Balaban J connectivity index is 2.00. The number of benzene rings is 2. The molecular weight excluding hydrogens is 336 g/mol. The Kier molecular flexibility index (Phi) is 3.51. The molecule has 2 heterocycles. The zero-order valence-electron chi connectivity index (χ0n) is 13.2. The number of hydrogen-bond donors (Lipinski definition) is 3. The monoisotopic (exact) mass is 348 g/mol. The lowest BCUT2D eigenvalue weighted by atomic mass is 10.0. The van der Waals surface area contributed by atoms with Crippen LogP contribution >= 0.6 is 0 Å². The largest absolute Gasteiger partial charge is 0.503 e. The van der Waals surface area contributed by atoms with Gasteiger partial charge in [-0.05, 0) is 17.7 Å². The van der Waals surface area contributed by atoms with Crippen LogP contribution in [0.15, 0.2) is 59.7 Å². The first-order valence-corrected chi connectivity index (χ1v) is 7.64. The van der Waals surface area contributed by atoms with Crippen LogP contribution in [0.25, 0.3) is 27.7 Å². The van der Waals surface area contributed by atoms with E-state index in [9.17, 15) is 14.7 Å². The maximum absolute atomic E-state index is 11.8. The molecule has 3 N–H and O–H groups in total. The summed E-state index contributed by atoms with van der Waals surface area (Å²) in [4.78, 5) is 23.0. The van der Waals surface area contributed by atoms with E-state index >= 15 is 0 Å². The Morgan fingerprint density at radius 1 is 1.08 bits per heavy atom. The van der Waals surface area contributed by atoms with Crippen LogP contribution < -0.4 is 5.43 Å². The molecule has 0 bridgehead atoms. The van der Waals surface area contributed by atoms with Crippen LogP contribution in [0.1, 0.15) is 10.5 Å². The smallest absolute Gasteiger partial charge is 0.360 e. The molecule has 8 nitrogen and oxygen atoms in total. The van der Waals surface area contributed by atoms with Crippen LogP contribution in [0, 0.1) is 0 Å². The minimum Gasteiger partial charge on any atom is -0.503 e. The molecule has 26 heavy (non-hydrogen) atoms. The van der Waals surface area contributed by atoms with Crippen molar-refractivity contribution in [1.82, 2.24) is 20.0 Å². The van der Waals surface area contributed by atoms with Crippen molar-refractivity contribution in [2.75, 3.05) is 0 Å². The fraction of sp³-hybridized carbons (Fsp3) is 0. The summed E-state index contributed by atoms with van der Waals surface area (Å²) < 4.78 is 1.19. The van der Waals surface area contributed by atoms with Crippen LogP contribution in [0.5, 0.6) is 5.75 Å². The molecule has 2 aromatic carbocycles. The number of fused-ring (bicyclic) bond motifs is 1. The van der Waals surface area contributed by atoms with Gasteiger partial charge in [0.1, 0.15) is 0 Å². The summed E-state index contributed by atoms with van der Waals surface area (Å²) in [5, 5.41) is 30.7. The molecule has 4 rings (SSSR count). The van der Waals surface area contributed by atoms with Gasteiger partial charge in [0, 0.05) is 10.9 Å². The predicted molar refractivity (Wildman–Crippen MR) is 93.5 cm³/mol. The number of H-pyrrole nitrogens is 1. The van der Waals surface area contributed by atoms with Crippen molar-refractivity contribution >= 4 is 16.9 Å². The van der Waals surface area contributed by atoms with Crippen molar-refractivity contribution < 1.29 is 15.0 Å². The summed E-state index contributed by atoms with van der Waals surface area (Å²) in [5.41, 5.74) is 1.18. The standard InChI is InChI=1S/C18H12N4O4/c23-15-9-22(21-16(17(15)24)18(25)26)14-7-2-1-4-11(14)10-5-3-6-13-12(10)8-19-20-13/h1-9,23H,(H,19,20)(H,25,26). The third-order valence-corrected chi connectivity index (χ3v) is 4.03. The topological polar surface area (TPSA) is 121 Å². The molecule has 0 spiro atoms. The molecule has 0 amide bonds. The van der Waals surface area contributed by atoms with Gasteiger partial charge in [0.15, 0.2) is 5.75 Å². The van der Waals surface area contributed by atoms with Gasteiger partial charge in [0.2, 0.25) is 5.69 Å². The average molecular weight is 348 g/mol. The first-order valence-electron chi connectivity index (χ1n) is 7.64. The summed E-state index contributed by atoms with van der Waals surface area (Å²) in [6.45, 7) is 0. The molecule has 0 atom stereocenters. The van der Waals surface area contributed by atoms with Gasteiger partial charge in [-0.2, -0.15) is 10.2 Å². The SMILES string of the molecule is O=C(O)c1nn(-c2ccccc2-c2cccc3[nH]ncc23)cc(O)c1=O. The highest BCUT2D eigenvalue weighted by Gasteiger charge is 2.18.